The standard InChI is InChI=1S/C17H19N5O5/c18-14(23)15-21-13(22-27-15)9-19-17(25)20-11-7-5-10(6-8-11)16(24)26-12-3-1-2-4-12/h5-8,12H,1-4,9H2,(H2,18,23)(H2,19,20,25). The third kappa shape index (κ3) is 5.03. The Hall–Kier alpha value is -3.43. The molecule has 1 aromatic carbocycles. The van der Waals surface area contributed by atoms with Crippen molar-refractivity contribution in [1.82, 2.24) is 15.5 Å². The summed E-state index contributed by atoms with van der Waals surface area (Å²) < 4.78 is 10.0. The molecule has 1 saturated carbocycles. The van der Waals surface area contributed by atoms with E-state index in [2.05, 4.69) is 25.3 Å². The number of rotatable bonds is 6. The van der Waals surface area contributed by atoms with Gasteiger partial charge in [-0.2, -0.15) is 4.98 Å². The Morgan fingerprint density at radius 2 is 1.89 bits per heavy atom. The van der Waals surface area contributed by atoms with Gasteiger partial charge in [0.25, 0.3) is 0 Å². The van der Waals surface area contributed by atoms with E-state index in [1.54, 1.807) is 24.3 Å². The van der Waals surface area contributed by atoms with E-state index in [0.29, 0.717) is 11.3 Å². The first-order valence-electron chi connectivity index (χ1n) is 8.49. The highest BCUT2D eigenvalue weighted by Crippen LogP contribution is 2.22. The van der Waals surface area contributed by atoms with E-state index < -0.39 is 11.9 Å². The quantitative estimate of drug-likeness (QED) is 0.651. The first kappa shape index (κ1) is 18.4. The van der Waals surface area contributed by atoms with Gasteiger partial charge in [0.2, 0.25) is 0 Å². The summed E-state index contributed by atoms with van der Waals surface area (Å²) in [5.41, 5.74) is 5.92. The van der Waals surface area contributed by atoms with Gasteiger partial charge in [0.1, 0.15) is 6.10 Å². The van der Waals surface area contributed by atoms with E-state index in [-0.39, 0.29) is 30.3 Å². The predicted molar refractivity (Wildman–Crippen MR) is 92.8 cm³/mol. The maximum atomic E-state index is 12.1. The van der Waals surface area contributed by atoms with Gasteiger partial charge < -0.3 is 25.6 Å². The lowest BCUT2D eigenvalue weighted by Crippen LogP contribution is -2.28. The highest BCUT2D eigenvalue weighted by molar-refractivity contribution is 5.92. The minimum absolute atomic E-state index is 0.00120. The monoisotopic (exact) mass is 373 g/mol. The van der Waals surface area contributed by atoms with Crippen LogP contribution in [-0.2, 0) is 11.3 Å². The van der Waals surface area contributed by atoms with Crippen molar-refractivity contribution < 1.29 is 23.6 Å². The van der Waals surface area contributed by atoms with Crippen molar-refractivity contribution in [3.8, 4) is 0 Å². The topological polar surface area (TPSA) is 149 Å². The van der Waals surface area contributed by atoms with Crippen molar-refractivity contribution in [1.29, 1.82) is 0 Å². The molecule has 3 rings (SSSR count). The first-order valence-corrected chi connectivity index (χ1v) is 8.49. The molecular formula is C17H19N5O5. The molecule has 1 aromatic heterocycles. The molecule has 0 saturated heterocycles. The Morgan fingerprint density at radius 1 is 1.19 bits per heavy atom. The fraction of sp³-hybridized carbons (Fsp3) is 0.353. The molecule has 0 radical (unpaired) electrons. The molecule has 1 aliphatic carbocycles. The van der Waals surface area contributed by atoms with Crippen LogP contribution in [-0.4, -0.2) is 34.2 Å². The lowest BCUT2D eigenvalue weighted by Gasteiger charge is -2.11. The summed E-state index contributed by atoms with van der Waals surface area (Å²) in [5.74, 6) is -1.42. The highest BCUT2D eigenvalue weighted by atomic mass is 16.5. The van der Waals surface area contributed by atoms with Crippen LogP contribution < -0.4 is 16.4 Å². The van der Waals surface area contributed by atoms with Crippen molar-refractivity contribution >= 4 is 23.6 Å². The van der Waals surface area contributed by atoms with Gasteiger partial charge >= 0.3 is 23.8 Å². The summed E-state index contributed by atoms with van der Waals surface area (Å²) in [6, 6.07) is 5.87. The number of primary amides is 1. The number of carbonyl (C=O) groups excluding carboxylic acids is 3. The second-order valence-electron chi connectivity index (χ2n) is 6.08. The Balaban J connectivity index is 1.47. The van der Waals surface area contributed by atoms with Crippen molar-refractivity contribution in [2.45, 2.75) is 38.3 Å². The molecule has 10 heteroatoms. The van der Waals surface area contributed by atoms with Crippen LogP contribution in [0.5, 0.6) is 0 Å². The predicted octanol–water partition coefficient (Wildman–Crippen LogP) is 1.59. The SMILES string of the molecule is NC(=O)c1nc(CNC(=O)Nc2ccc(C(=O)OC3CCCC3)cc2)no1. The van der Waals surface area contributed by atoms with E-state index in [1.807, 2.05) is 0 Å². The van der Waals surface area contributed by atoms with Crippen LogP contribution in [0.2, 0.25) is 0 Å². The van der Waals surface area contributed by atoms with Gasteiger partial charge in [-0.05, 0) is 49.9 Å². The van der Waals surface area contributed by atoms with E-state index in [0.717, 1.165) is 25.7 Å². The van der Waals surface area contributed by atoms with Gasteiger partial charge in [-0.1, -0.05) is 5.16 Å². The molecule has 1 heterocycles. The summed E-state index contributed by atoms with van der Waals surface area (Å²) in [5, 5.41) is 8.62. The molecule has 10 nitrogen and oxygen atoms in total. The van der Waals surface area contributed by atoms with Crippen LogP contribution in [0.1, 0.15) is 52.6 Å². The normalized spacial score (nSPS) is 13.9. The summed E-state index contributed by atoms with van der Waals surface area (Å²) in [6.45, 7) is -0.0472. The molecule has 0 unspecified atom stereocenters. The number of urea groups is 1. The van der Waals surface area contributed by atoms with Crippen molar-refractivity contribution in [3.63, 3.8) is 0 Å². The number of amides is 3. The zero-order valence-electron chi connectivity index (χ0n) is 14.4. The number of nitrogens with zero attached hydrogens (tertiary/aromatic N) is 2. The third-order valence-electron chi connectivity index (χ3n) is 4.04. The molecule has 27 heavy (non-hydrogen) atoms. The molecule has 4 N–H and O–H groups in total. The molecule has 1 aliphatic rings. The minimum atomic E-state index is -0.843. The van der Waals surface area contributed by atoms with Crippen LogP contribution in [0.15, 0.2) is 28.8 Å². The lowest BCUT2D eigenvalue weighted by atomic mass is 10.2. The van der Waals surface area contributed by atoms with E-state index in [4.69, 9.17) is 10.5 Å². The van der Waals surface area contributed by atoms with Crippen LogP contribution in [0.3, 0.4) is 0 Å². The molecule has 0 aliphatic heterocycles. The fourth-order valence-electron chi connectivity index (χ4n) is 2.68. The number of carbonyl (C=O) groups is 3. The molecule has 0 bridgehead atoms. The van der Waals surface area contributed by atoms with E-state index >= 15 is 0 Å². The lowest BCUT2D eigenvalue weighted by molar-refractivity contribution is 0.0318. The van der Waals surface area contributed by atoms with Crippen LogP contribution in [0.25, 0.3) is 0 Å². The number of ether oxygens (including phenoxy) is 1. The molecule has 1 fully saturated rings. The summed E-state index contributed by atoms with van der Waals surface area (Å²) in [6.07, 6.45) is 3.99. The van der Waals surface area contributed by atoms with Gasteiger partial charge in [0, 0.05) is 5.69 Å². The smallest absolute Gasteiger partial charge is 0.338 e. The van der Waals surface area contributed by atoms with Gasteiger partial charge in [0.05, 0.1) is 12.1 Å². The average molecular weight is 373 g/mol. The first-order chi connectivity index (χ1) is 13.0. The Morgan fingerprint density at radius 3 is 2.52 bits per heavy atom. The average Bonchev–Trinajstić information content (AvgIpc) is 3.32. The maximum Gasteiger partial charge on any atom is 0.338 e. The summed E-state index contributed by atoms with van der Waals surface area (Å²) >= 11 is 0. The molecule has 2 aromatic rings. The number of hydrogen-bond donors (Lipinski definition) is 3. The molecule has 142 valence electrons. The highest BCUT2D eigenvalue weighted by Gasteiger charge is 2.20. The van der Waals surface area contributed by atoms with Crippen LogP contribution >= 0.6 is 0 Å². The van der Waals surface area contributed by atoms with Crippen molar-refractivity contribution in [2.75, 3.05) is 5.32 Å². The van der Waals surface area contributed by atoms with Crippen LogP contribution in [0, 0.1) is 0 Å². The minimum Gasteiger partial charge on any atom is -0.459 e. The molecule has 0 atom stereocenters. The summed E-state index contributed by atoms with van der Waals surface area (Å²) in [7, 11) is 0. The summed E-state index contributed by atoms with van der Waals surface area (Å²) in [4.78, 5) is 38.5. The number of hydrogen-bond acceptors (Lipinski definition) is 7. The van der Waals surface area contributed by atoms with Gasteiger partial charge in [-0.15, -0.1) is 0 Å². The number of anilines is 1. The largest absolute Gasteiger partial charge is 0.459 e. The maximum absolute atomic E-state index is 12.1. The second-order valence-corrected chi connectivity index (χ2v) is 6.08. The van der Waals surface area contributed by atoms with E-state index in [9.17, 15) is 14.4 Å². The van der Waals surface area contributed by atoms with Gasteiger partial charge in [-0.25, -0.2) is 9.59 Å². The number of esters is 1. The number of nitrogens with two attached hydrogens (primary N) is 1. The number of benzene rings is 1. The molecular weight excluding hydrogens is 354 g/mol. The Labute approximate surface area is 154 Å². The van der Waals surface area contributed by atoms with E-state index in [1.165, 1.54) is 0 Å². The fourth-order valence-corrected chi connectivity index (χ4v) is 2.68. The zero-order valence-corrected chi connectivity index (χ0v) is 14.4. The second kappa shape index (κ2) is 8.30. The van der Waals surface area contributed by atoms with Crippen molar-refractivity contribution in [3.05, 3.63) is 41.5 Å². The number of aromatic nitrogens is 2. The number of nitrogens with one attached hydrogen (secondary N) is 2. The Bertz CT molecular complexity index is 826. The molecule has 3 amide bonds. The zero-order chi connectivity index (χ0) is 19.2. The third-order valence-corrected chi connectivity index (χ3v) is 4.04. The van der Waals surface area contributed by atoms with Crippen LogP contribution in [0.4, 0.5) is 10.5 Å². The molecule has 0 spiro atoms. The van der Waals surface area contributed by atoms with Crippen molar-refractivity contribution in [2.24, 2.45) is 5.73 Å². The Kier molecular flexibility index (Phi) is 5.64. The van der Waals surface area contributed by atoms with Gasteiger partial charge in [0.15, 0.2) is 5.82 Å². The van der Waals surface area contributed by atoms with Gasteiger partial charge in [-0.3, -0.25) is 4.79 Å².